The Labute approximate surface area is 245 Å². The highest BCUT2D eigenvalue weighted by Gasteiger charge is 2.44. The maximum Gasteiger partial charge on any atom is 0.495 e. The van der Waals surface area contributed by atoms with Gasteiger partial charge in [0, 0.05) is 24.4 Å². The van der Waals surface area contributed by atoms with Gasteiger partial charge in [0.25, 0.3) is 11.5 Å². The zero-order valence-electron chi connectivity index (χ0n) is 21.8. The Balaban J connectivity index is 1.33. The highest BCUT2D eigenvalue weighted by atomic mass is 35.5. The molecule has 0 aliphatic carbocycles. The van der Waals surface area contributed by atoms with Gasteiger partial charge in [-0.15, -0.1) is 0 Å². The lowest BCUT2D eigenvalue weighted by Crippen LogP contribution is -2.57. The number of H-pyrrole nitrogens is 1. The second kappa shape index (κ2) is 11.3. The van der Waals surface area contributed by atoms with Gasteiger partial charge < -0.3 is 9.88 Å². The second-order valence-electron chi connectivity index (χ2n) is 9.65. The number of alkyl halides is 3. The van der Waals surface area contributed by atoms with Crippen molar-refractivity contribution < 1.29 is 36.7 Å². The molecule has 4 heterocycles. The number of benzene rings is 1. The molecule has 1 N–H and O–H groups in total. The molecule has 1 saturated heterocycles. The van der Waals surface area contributed by atoms with Crippen molar-refractivity contribution in [2.75, 3.05) is 31.1 Å². The third-order valence-electron chi connectivity index (χ3n) is 6.79. The number of amides is 1. The summed E-state index contributed by atoms with van der Waals surface area (Å²) in [6.45, 7) is 2.35. The van der Waals surface area contributed by atoms with Crippen LogP contribution in [0.3, 0.4) is 0 Å². The lowest BCUT2D eigenvalue weighted by atomic mass is 10.0. The molecule has 5 rings (SSSR count). The van der Waals surface area contributed by atoms with E-state index in [1.54, 1.807) is 17.9 Å². The molecule has 0 spiro atoms. The minimum Gasteiger partial charge on any atom is -0.331 e. The van der Waals surface area contributed by atoms with Crippen LogP contribution in [0.2, 0.25) is 10.2 Å². The van der Waals surface area contributed by atoms with Crippen molar-refractivity contribution in [1.29, 1.82) is 0 Å². The van der Waals surface area contributed by atoms with E-state index in [1.807, 2.05) is 0 Å². The summed E-state index contributed by atoms with van der Waals surface area (Å²) in [6.07, 6.45) is -2.32. The monoisotopic (exact) mass is 626 g/mol. The van der Waals surface area contributed by atoms with Crippen molar-refractivity contribution in [3.8, 4) is 0 Å². The number of nitrogens with one attached hydrogen (secondary N) is 1. The molecule has 220 valence electrons. The summed E-state index contributed by atoms with van der Waals surface area (Å²) in [4.78, 5) is 47.2. The number of aryl methyl sites for hydroxylation is 1. The number of nitrogens with zero attached hydrogens (tertiary/aromatic N) is 4. The van der Waals surface area contributed by atoms with Crippen molar-refractivity contribution in [3.05, 3.63) is 97.5 Å². The van der Waals surface area contributed by atoms with Crippen LogP contribution in [0.1, 0.15) is 27.2 Å². The molecule has 3 aromatic heterocycles. The summed E-state index contributed by atoms with van der Waals surface area (Å²) < 4.78 is 55.4. The van der Waals surface area contributed by atoms with Gasteiger partial charge in [0.05, 0.1) is 23.7 Å². The quantitative estimate of drug-likeness (QED) is 0.269. The predicted molar refractivity (Wildman–Crippen MR) is 144 cm³/mol. The first-order chi connectivity index (χ1) is 19.8. The van der Waals surface area contributed by atoms with E-state index in [4.69, 9.17) is 23.2 Å². The van der Waals surface area contributed by atoms with Crippen LogP contribution in [0.4, 0.5) is 23.4 Å². The smallest absolute Gasteiger partial charge is 0.331 e. The number of aromatic nitrogens is 3. The highest BCUT2D eigenvalue weighted by Crippen LogP contribution is 2.27. The molecule has 0 unspecified atom stereocenters. The molecule has 1 fully saturated rings. The second-order valence-corrected chi connectivity index (χ2v) is 10.4. The van der Waals surface area contributed by atoms with Crippen molar-refractivity contribution in [2.45, 2.75) is 19.5 Å². The van der Waals surface area contributed by atoms with Gasteiger partial charge in [0.2, 0.25) is 0 Å². The van der Waals surface area contributed by atoms with E-state index in [9.17, 15) is 31.9 Å². The molecule has 1 aromatic carbocycles. The summed E-state index contributed by atoms with van der Waals surface area (Å²) in [6, 6.07) is 8.59. The first kappa shape index (κ1) is 29.4. The fourth-order valence-electron chi connectivity index (χ4n) is 4.71. The van der Waals surface area contributed by atoms with Gasteiger partial charge in [-0.1, -0.05) is 29.3 Å². The third kappa shape index (κ3) is 5.79. The zero-order chi connectivity index (χ0) is 30.3. The predicted octanol–water partition coefficient (Wildman–Crippen LogP) is 3.74. The number of carbonyl (C=O) groups excluding carboxylic acids is 2. The Bertz CT molecular complexity index is 1760. The molecule has 4 aromatic rings. The van der Waals surface area contributed by atoms with Gasteiger partial charge >= 0.3 is 18.0 Å². The number of carbonyl (C=O) groups is 2. The molecule has 42 heavy (non-hydrogen) atoms. The topological polar surface area (TPSA) is 91.0 Å². The normalized spacial score (nSPS) is 14.0. The van der Waals surface area contributed by atoms with Crippen LogP contribution in [0.25, 0.3) is 5.52 Å². The van der Waals surface area contributed by atoms with Crippen molar-refractivity contribution in [3.63, 3.8) is 0 Å². The minimum atomic E-state index is -5.18. The van der Waals surface area contributed by atoms with E-state index in [2.05, 4.69) is 9.82 Å². The van der Waals surface area contributed by atoms with Crippen molar-refractivity contribution in [1.82, 2.24) is 14.3 Å². The first-order valence-corrected chi connectivity index (χ1v) is 13.3. The summed E-state index contributed by atoms with van der Waals surface area (Å²) in [5, 5.41) is 0.339. The fraction of sp³-hybridized carbons (Fsp3) is 0.259. The summed E-state index contributed by atoms with van der Waals surface area (Å²) in [5.41, 5.74) is 1.52. The number of rotatable bonds is 5. The third-order valence-corrected chi connectivity index (χ3v) is 7.55. The maximum absolute atomic E-state index is 14.9. The van der Waals surface area contributed by atoms with Gasteiger partial charge in [0.15, 0.2) is 0 Å². The van der Waals surface area contributed by atoms with Gasteiger partial charge in [-0.25, -0.2) is 14.0 Å². The number of fused-ring (bicyclic) bond motifs is 1. The van der Waals surface area contributed by atoms with E-state index < -0.39 is 29.4 Å². The van der Waals surface area contributed by atoms with E-state index >= 15 is 0 Å². The molecule has 0 bridgehead atoms. The molecular formula is C27H22Cl2F4N5O4+. The molecule has 15 heteroatoms. The molecule has 9 nitrogen and oxygen atoms in total. The number of pyridine rings is 1. The molecule has 0 saturated carbocycles. The minimum absolute atomic E-state index is 0.127. The average Bonchev–Trinajstić information content (AvgIpc) is 3.26. The zero-order valence-corrected chi connectivity index (χ0v) is 23.4. The van der Waals surface area contributed by atoms with E-state index in [-0.39, 0.29) is 59.7 Å². The first-order valence-electron chi connectivity index (χ1n) is 12.5. The van der Waals surface area contributed by atoms with Gasteiger partial charge in [-0.3, -0.25) is 18.9 Å². The number of aromatic amines is 1. The van der Waals surface area contributed by atoms with Crippen LogP contribution in [-0.4, -0.2) is 58.5 Å². The Kier molecular flexibility index (Phi) is 7.90. The molecule has 1 aliphatic rings. The van der Waals surface area contributed by atoms with Crippen LogP contribution < -0.4 is 20.0 Å². The largest absolute Gasteiger partial charge is 0.495 e. The Hall–Kier alpha value is -4.10. The van der Waals surface area contributed by atoms with Crippen LogP contribution in [0, 0.1) is 12.7 Å². The van der Waals surface area contributed by atoms with E-state index in [0.717, 1.165) is 4.73 Å². The number of halogens is 6. The summed E-state index contributed by atoms with van der Waals surface area (Å²) in [7, 11) is 0. The van der Waals surface area contributed by atoms with Crippen LogP contribution in [0.5, 0.6) is 0 Å². The average molecular weight is 627 g/mol. The van der Waals surface area contributed by atoms with Crippen molar-refractivity contribution in [2.24, 2.45) is 0 Å². The molecule has 1 amide bonds. The Morgan fingerprint density at radius 2 is 1.79 bits per heavy atom. The fourth-order valence-corrected chi connectivity index (χ4v) is 5.15. The number of hydrogen-bond acceptors (Lipinski definition) is 5. The Morgan fingerprint density at radius 1 is 1.07 bits per heavy atom. The molecule has 0 radical (unpaired) electrons. The summed E-state index contributed by atoms with van der Waals surface area (Å²) >= 11 is 12.4. The number of piperazine rings is 1. The molecule has 0 atom stereocenters. The van der Waals surface area contributed by atoms with E-state index in [1.165, 1.54) is 52.0 Å². The van der Waals surface area contributed by atoms with Gasteiger partial charge in [0.1, 0.15) is 35.8 Å². The lowest BCUT2D eigenvalue weighted by molar-refractivity contribution is -0.860. The van der Waals surface area contributed by atoms with Crippen LogP contribution in [-0.2, 0) is 11.2 Å². The number of hydrogen-bond donors (Lipinski definition) is 1. The van der Waals surface area contributed by atoms with E-state index in [0.29, 0.717) is 16.8 Å². The standard InChI is InChI=1S/C27H21Cl2F4N5O4/c1-15-4-5-37(42-26(41)27(31,32)33)22(10-15)35-6-8-36(9-7-35)25(40)18-12-16(2-3-20(18)30)11-17-14-34-24(39)21-13-19(28)23(29)38(17)21/h2-5,10,12-14H,6-9,11H2,1H3/p+1. The van der Waals surface area contributed by atoms with Crippen LogP contribution >= 0.6 is 23.2 Å². The maximum atomic E-state index is 14.9. The van der Waals surface area contributed by atoms with Crippen LogP contribution in [0.15, 0.2) is 53.6 Å². The molecule has 1 aliphatic heterocycles. The van der Waals surface area contributed by atoms with Gasteiger partial charge in [-0.05, 0) is 47.0 Å². The Morgan fingerprint density at radius 3 is 2.48 bits per heavy atom. The lowest BCUT2D eigenvalue weighted by Gasteiger charge is -2.31. The molecular weight excluding hydrogens is 605 g/mol. The van der Waals surface area contributed by atoms with Crippen molar-refractivity contribution >= 4 is 46.4 Å². The number of anilines is 1. The SMILES string of the molecule is Cc1cc[n+](OC(=O)C(F)(F)F)c(N2CCN(C(=O)c3cc(Cc4c[nH]c(=O)c5cc(Cl)c(Cl)n45)ccc3F)CC2)c1. The summed E-state index contributed by atoms with van der Waals surface area (Å²) in [5.74, 6) is -3.46. The highest BCUT2D eigenvalue weighted by molar-refractivity contribution is 6.42. The van der Waals surface area contributed by atoms with Gasteiger partial charge in [-0.2, -0.15) is 13.2 Å².